The average molecular weight is 196 g/mol. The van der Waals surface area contributed by atoms with Crippen LogP contribution in [0.1, 0.15) is 23.2 Å². The Morgan fingerprint density at radius 3 is 2.93 bits per heavy atom. The number of halogens is 1. The molecule has 1 aromatic heterocycles. The van der Waals surface area contributed by atoms with Gasteiger partial charge in [-0.1, -0.05) is 0 Å². The largest absolute Gasteiger partial charge is 0.489 e. The predicted octanol–water partition coefficient (Wildman–Crippen LogP) is 0.861. The maximum atomic E-state index is 12.7. The monoisotopic (exact) mass is 196 g/mol. The Labute approximate surface area is 79.9 Å². The first-order chi connectivity index (χ1) is 6.66. The van der Waals surface area contributed by atoms with Crippen LogP contribution in [-0.2, 0) is 0 Å². The highest BCUT2D eigenvalue weighted by Gasteiger charge is 2.25. The highest BCUT2D eigenvalue weighted by molar-refractivity contribution is 5.95. The van der Waals surface area contributed by atoms with Crippen molar-refractivity contribution >= 4 is 5.91 Å². The Kier molecular flexibility index (Phi) is 2.07. The zero-order valence-corrected chi connectivity index (χ0v) is 7.37. The molecule has 0 saturated heterocycles. The maximum absolute atomic E-state index is 12.7. The third-order valence-corrected chi connectivity index (χ3v) is 1.92. The first kappa shape index (κ1) is 8.93. The maximum Gasteiger partial charge on any atom is 0.254 e. The molecule has 1 aliphatic carbocycles. The number of ether oxygens (including phenoxy) is 1. The first-order valence-corrected chi connectivity index (χ1v) is 4.29. The Morgan fingerprint density at radius 2 is 2.36 bits per heavy atom. The van der Waals surface area contributed by atoms with Crippen molar-refractivity contribution in [2.24, 2.45) is 5.73 Å². The van der Waals surface area contributed by atoms with Gasteiger partial charge in [0, 0.05) is 12.3 Å². The molecule has 0 aromatic carbocycles. The summed E-state index contributed by atoms with van der Waals surface area (Å²) in [6.45, 7) is 0. The van der Waals surface area contributed by atoms with E-state index < -0.39 is 11.9 Å². The molecule has 4 nitrogen and oxygen atoms in total. The van der Waals surface area contributed by atoms with Gasteiger partial charge in [0.05, 0.1) is 11.7 Å². The molecular formula is C9H9FN2O2. The van der Waals surface area contributed by atoms with Crippen LogP contribution in [0.3, 0.4) is 0 Å². The second kappa shape index (κ2) is 3.25. The van der Waals surface area contributed by atoms with E-state index in [0.717, 1.165) is 25.1 Å². The lowest BCUT2D eigenvalue weighted by atomic mass is 10.2. The highest BCUT2D eigenvalue weighted by Crippen LogP contribution is 2.28. The standard InChI is InChI=1S/C9H9FN2O2/c10-8-3-7(14-5-1-2-5)6(4-12-8)9(11)13/h3-5H,1-2H2,(H2,11,13). The van der Waals surface area contributed by atoms with E-state index >= 15 is 0 Å². The number of nitrogens with two attached hydrogens (primary N) is 1. The summed E-state index contributed by atoms with van der Waals surface area (Å²) in [7, 11) is 0. The fraction of sp³-hybridized carbons (Fsp3) is 0.333. The predicted molar refractivity (Wildman–Crippen MR) is 46.4 cm³/mol. The van der Waals surface area contributed by atoms with Crippen LogP contribution in [-0.4, -0.2) is 17.0 Å². The second-order valence-corrected chi connectivity index (χ2v) is 3.18. The first-order valence-electron chi connectivity index (χ1n) is 4.29. The Hall–Kier alpha value is -1.65. The third-order valence-electron chi connectivity index (χ3n) is 1.92. The van der Waals surface area contributed by atoms with Crippen molar-refractivity contribution in [3.05, 3.63) is 23.8 Å². The van der Waals surface area contributed by atoms with Crippen molar-refractivity contribution in [1.82, 2.24) is 4.98 Å². The Balaban J connectivity index is 2.31. The van der Waals surface area contributed by atoms with Gasteiger partial charge in [0.1, 0.15) is 5.75 Å². The van der Waals surface area contributed by atoms with Gasteiger partial charge in [-0.15, -0.1) is 0 Å². The normalized spacial score (nSPS) is 15.2. The summed E-state index contributed by atoms with van der Waals surface area (Å²) >= 11 is 0. The molecule has 0 radical (unpaired) electrons. The lowest BCUT2D eigenvalue weighted by Crippen LogP contribution is -2.14. The van der Waals surface area contributed by atoms with Crippen LogP contribution in [0.5, 0.6) is 5.75 Å². The van der Waals surface area contributed by atoms with Gasteiger partial charge in [-0.05, 0) is 12.8 Å². The number of hydrogen-bond donors (Lipinski definition) is 1. The summed E-state index contributed by atoms with van der Waals surface area (Å²) in [4.78, 5) is 14.3. The van der Waals surface area contributed by atoms with Crippen molar-refractivity contribution in [2.45, 2.75) is 18.9 Å². The van der Waals surface area contributed by atoms with Gasteiger partial charge in [0.15, 0.2) is 0 Å². The van der Waals surface area contributed by atoms with Crippen molar-refractivity contribution < 1.29 is 13.9 Å². The summed E-state index contributed by atoms with van der Waals surface area (Å²) < 4.78 is 18.1. The van der Waals surface area contributed by atoms with E-state index in [-0.39, 0.29) is 17.4 Å². The Bertz CT molecular complexity index is 377. The zero-order valence-electron chi connectivity index (χ0n) is 7.37. The SMILES string of the molecule is NC(=O)c1cnc(F)cc1OC1CC1. The van der Waals surface area contributed by atoms with Crippen molar-refractivity contribution in [2.75, 3.05) is 0 Å². The van der Waals surface area contributed by atoms with Crippen LogP contribution in [0.4, 0.5) is 4.39 Å². The van der Waals surface area contributed by atoms with Crippen LogP contribution < -0.4 is 10.5 Å². The fourth-order valence-corrected chi connectivity index (χ4v) is 1.06. The molecule has 14 heavy (non-hydrogen) atoms. The summed E-state index contributed by atoms with van der Waals surface area (Å²) in [6, 6.07) is 1.08. The zero-order chi connectivity index (χ0) is 10.1. The van der Waals surface area contributed by atoms with Crippen LogP contribution in [0.15, 0.2) is 12.3 Å². The molecule has 1 amide bonds. The molecule has 0 bridgehead atoms. The molecule has 74 valence electrons. The number of pyridine rings is 1. The molecular weight excluding hydrogens is 187 g/mol. The number of carbonyl (C=O) groups excluding carboxylic acids is 1. The van der Waals surface area contributed by atoms with E-state index in [9.17, 15) is 9.18 Å². The van der Waals surface area contributed by atoms with Crippen LogP contribution >= 0.6 is 0 Å². The molecule has 0 atom stereocenters. The number of nitrogens with zero attached hydrogens (tertiary/aromatic N) is 1. The highest BCUT2D eigenvalue weighted by atomic mass is 19.1. The van der Waals surface area contributed by atoms with Crippen molar-refractivity contribution in [3.63, 3.8) is 0 Å². The molecule has 0 unspecified atom stereocenters. The second-order valence-electron chi connectivity index (χ2n) is 3.18. The summed E-state index contributed by atoms with van der Waals surface area (Å²) in [5, 5.41) is 0. The van der Waals surface area contributed by atoms with E-state index in [1.54, 1.807) is 0 Å². The minimum absolute atomic E-state index is 0.0925. The summed E-state index contributed by atoms with van der Waals surface area (Å²) in [5.74, 6) is -1.15. The van der Waals surface area contributed by atoms with Gasteiger partial charge < -0.3 is 10.5 Å². The molecule has 0 spiro atoms. The lowest BCUT2D eigenvalue weighted by molar-refractivity contribution is 0.0995. The van der Waals surface area contributed by atoms with E-state index in [1.165, 1.54) is 0 Å². The molecule has 1 fully saturated rings. The number of hydrogen-bond acceptors (Lipinski definition) is 3. The number of primary amides is 1. The van der Waals surface area contributed by atoms with Gasteiger partial charge in [-0.2, -0.15) is 4.39 Å². The molecule has 5 heteroatoms. The summed E-state index contributed by atoms with van der Waals surface area (Å²) in [6.07, 6.45) is 3.05. The van der Waals surface area contributed by atoms with Gasteiger partial charge in [0.2, 0.25) is 5.95 Å². The molecule has 1 saturated carbocycles. The van der Waals surface area contributed by atoms with E-state index in [1.807, 2.05) is 0 Å². The van der Waals surface area contributed by atoms with Gasteiger partial charge >= 0.3 is 0 Å². The molecule has 1 aromatic rings. The van der Waals surface area contributed by atoms with Crippen LogP contribution in [0.25, 0.3) is 0 Å². The van der Waals surface area contributed by atoms with Crippen LogP contribution in [0.2, 0.25) is 0 Å². The molecule has 1 heterocycles. The number of rotatable bonds is 3. The summed E-state index contributed by atoms with van der Waals surface area (Å²) in [5.41, 5.74) is 5.20. The minimum atomic E-state index is -0.675. The molecule has 1 aliphatic rings. The lowest BCUT2D eigenvalue weighted by Gasteiger charge is -2.07. The molecule has 2 N–H and O–H groups in total. The topological polar surface area (TPSA) is 65.2 Å². The fourth-order valence-electron chi connectivity index (χ4n) is 1.06. The Morgan fingerprint density at radius 1 is 1.64 bits per heavy atom. The smallest absolute Gasteiger partial charge is 0.254 e. The number of aromatic nitrogens is 1. The number of amides is 1. The quantitative estimate of drug-likeness (QED) is 0.729. The van der Waals surface area contributed by atoms with Crippen molar-refractivity contribution in [1.29, 1.82) is 0 Å². The average Bonchev–Trinajstić information content (AvgIpc) is 2.87. The molecule has 0 aliphatic heterocycles. The number of carbonyl (C=O) groups is 1. The van der Waals surface area contributed by atoms with E-state index in [4.69, 9.17) is 10.5 Å². The van der Waals surface area contributed by atoms with E-state index in [2.05, 4.69) is 4.98 Å². The third kappa shape index (κ3) is 1.81. The van der Waals surface area contributed by atoms with Gasteiger partial charge in [0.25, 0.3) is 5.91 Å². The van der Waals surface area contributed by atoms with Crippen molar-refractivity contribution in [3.8, 4) is 5.75 Å². The molecule has 2 rings (SSSR count). The van der Waals surface area contributed by atoms with Gasteiger partial charge in [-0.3, -0.25) is 4.79 Å². The van der Waals surface area contributed by atoms with Crippen LogP contribution in [0, 0.1) is 5.95 Å². The minimum Gasteiger partial charge on any atom is -0.489 e. The van der Waals surface area contributed by atoms with E-state index in [0.29, 0.717) is 0 Å². The van der Waals surface area contributed by atoms with Gasteiger partial charge in [-0.25, -0.2) is 4.98 Å².